The van der Waals surface area contributed by atoms with Gasteiger partial charge < -0.3 is 15.7 Å². The monoisotopic (exact) mass is 337 g/mol. The highest BCUT2D eigenvalue weighted by molar-refractivity contribution is 5.94. The average Bonchev–Trinajstić information content (AvgIpc) is 2.54. The van der Waals surface area contributed by atoms with Crippen LogP contribution < -0.4 is 10.6 Å². The minimum atomic E-state index is -1.35. The zero-order chi connectivity index (χ0) is 18.3. The van der Waals surface area contributed by atoms with Gasteiger partial charge in [0, 0.05) is 30.7 Å². The van der Waals surface area contributed by atoms with Gasteiger partial charge in [-0.3, -0.25) is 19.7 Å². The number of carbonyl (C=O) groups is 3. The van der Waals surface area contributed by atoms with Crippen molar-refractivity contribution in [2.24, 2.45) is 0 Å². The molecule has 130 valence electrons. The van der Waals surface area contributed by atoms with Gasteiger partial charge in [-0.1, -0.05) is 6.92 Å². The Labute approximate surface area is 138 Å². The van der Waals surface area contributed by atoms with Crippen molar-refractivity contribution in [1.29, 1.82) is 0 Å². The van der Waals surface area contributed by atoms with Gasteiger partial charge in [0.1, 0.15) is 5.54 Å². The maximum absolute atomic E-state index is 11.9. The zero-order valence-electron chi connectivity index (χ0n) is 13.4. The summed E-state index contributed by atoms with van der Waals surface area (Å²) in [5.74, 6) is -2.10. The Bertz CT molecular complexity index is 643. The van der Waals surface area contributed by atoms with Crippen LogP contribution in [0, 0.1) is 10.1 Å². The van der Waals surface area contributed by atoms with Crippen molar-refractivity contribution in [1.82, 2.24) is 10.6 Å². The number of amides is 2. The molecule has 0 saturated carbocycles. The fourth-order valence-electron chi connectivity index (χ4n) is 1.79. The van der Waals surface area contributed by atoms with Gasteiger partial charge in [0.25, 0.3) is 11.6 Å². The maximum atomic E-state index is 11.9. The lowest BCUT2D eigenvalue weighted by atomic mass is 9.99. The summed E-state index contributed by atoms with van der Waals surface area (Å²) in [7, 11) is 0. The number of hydrogen-bond acceptors (Lipinski definition) is 5. The number of non-ortho nitro benzene ring substituents is 1. The predicted molar refractivity (Wildman–Crippen MR) is 84.5 cm³/mol. The molecule has 0 fully saturated rings. The first kappa shape index (κ1) is 19.1. The molecule has 1 unspecified atom stereocenters. The Hall–Kier alpha value is -2.97. The number of nitrogens with one attached hydrogen (secondary N) is 2. The largest absolute Gasteiger partial charge is 0.480 e. The summed E-state index contributed by atoms with van der Waals surface area (Å²) in [6, 6.07) is 5.04. The summed E-state index contributed by atoms with van der Waals surface area (Å²) < 4.78 is 0. The van der Waals surface area contributed by atoms with Gasteiger partial charge in [0.05, 0.1) is 4.92 Å². The van der Waals surface area contributed by atoms with E-state index in [0.717, 1.165) is 0 Å². The number of nitro groups is 1. The highest BCUT2D eigenvalue weighted by Crippen LogP contribution is 2.12. The molecular weight excluding hydrogens is 318 g/mol. The lowest BCUT2D eigenvalue weighted by Crippen LogP contribution is -2.52. The van der Waals surface area contributed by atoms with Crippen LogP contribution in [0.25, 0.3) is 0 Å². The van der Waals surface area contributed by atoms with Gasteiger partial charge in [-0.15, -0.1) is 0 Å². The van der Waals surface area contributed by atoms with Crippen molar-refractivity contribution in [2.75, 3.05) is 6.54 Å². The van der Waals surface area contributed by atoms with E-state index < -0.39 is 28.2 Å². The number of rotatable bonds is 8. The van der Waals surface area contributed by atoms with Crippen LogP contribution in [0.5, 0.6) is 0 Å². The van der Waals surface area contributed by atoms with Gasteiger partial charge in [0.2, 0.25) is 5.91 Å². The quantitative estimate of drug-likeness (QED) is 0.479. The second kappa shape index (κ2) is 8.04. The van der Waals surface area contributed by atoms with Crippen molar-refractivity contribution in [3.8, 4) is 0 Å². The van der Waals surface area contributed by atoms with Crippen molar-refractivity contribution in [2.45, 2.75) is 32.2 Å². The highest BCUT2D eigenvalue weighted by atomic mass is 16.6. The van der Waals surface area contributed by atoms with Crippen molar-refractivity contribution < 1.29 is 24.4 Å². The molecule has 0 aliphatic heterocycles. The summed E-state index contributed by atoms with van der Waals surface area (Å²) in [5, 5.41) is 24.5. The summed E-state index contributed by atoms with van der Waals surface area (Å²) in [5.41, 5.74) is -1.25. The first-order valence-corrected chi connectivity index (χ1v) is 7.26. The SMILES string of the molecule is CCC(C)(NC(=O)CCNC(=O)c1ccc([N+](=O)[O-])cc1)C(=O)O. The molecular formula is C15H19N3O6. The fourth-order valence-corrected chi connectivity index (χ4v) is 1.79. The van der Waals surface area contributed by atoms with Crippen LogP contribution in [0.3, 0.4) is 0 Å². The average molecular weight is 337 g/mol. The highest BCUT2D eigenvalue weighted by Gasteiger charge is 2.32. The molecule has 0 radical (unpaired) electrons. The number of carboxylic acid groups (broad SMARTS) is 1. The Morgan fingerprint density at radius 2 is 1.83 bits per heavy atom. The molecule has 0 saturated heterocycles. The van der Waals surface area contributed by atoms with E-state index >= 15 is 0 Å². The van der Waals surface area contributed by atoms with Gasteiger partial charge >= 0.3 is 5.97 Å². The molecule has 0 heterocycles. The Kier molecular flexibility index (Phi) is 6.39. The van der Waals surface area contributed by atoms with E-state index in [2.05, 4.69) is 10.6 Å². The van der Waals surface area contributed by atoms with Crippen LogP contribution in [-0.2, 0) is 9.59 Å². The van der Waals surface area contributed by atoms with Gasteiger partial charge in [-0.25, -0.2) is 4.79 Å². The smallest absolute Gasteiger partial charge is 0.329 e. The topological polar surface area (TPSA) is 139 Å². The first-order chi connectivity index (χ1) is 11.2. The van der Waals surface area contributed by atoms with Gasteiger partial charge in [-0.05, 0) is 25.5 Å². The minimum Gasteiger partial charge on any atom is -0.480 e. The van der Waals surface area contributed by atoms with E-state index in [9.17, 15) is 24.5 Å². The molecule has 0 spiro atoms. The zero-order valence-corrected chi connectivity index (χ0v) is 13.4. The number of nitrogens with zero attached hydrogens (tertiary/aromatic N) is 1. The Morgan fingerprint density at radius 1 is 1.25 bits per heavy atom. The van der Waals surface area contributed by atoms with Gasteiger partial charge in [-0.2, -0.15) is 0 Å². The molecule has 9 nitrogen and oxygen atoms in total. The van der Waals surface area contributed by atoms with Crippen LogP contribution >= 0.6 is 0 Å². The molecule has 9 heteroatoms. The lowest BCUT2D eigenvalue weighted by molar-refractivity contribution is -0.384. The van der Waals surface area contributed by atoms with Crippen molar-refractivity contribution in [3.05, 3.63) is 39.9 Å². The third-order valence-corrected chi connectivity index (χ3v) is 3.57. The van der Waals surface area contributed by atoms with Crippen LogP contribution in [0.2, 0.25) is 0 Å². The molecule has 1 rings (SSSR count). The maximum Gasteiger partial charge on any atom is 0.329 e. The first-order valence-electron chi connectivity index (χ1n) is 7.26. The van der Waals surface area contributed by atoms with E-state index in [1.807, 2.05) is 0 Å². The lowest BCUT2D eigenvalue weighted by Gasteiger charge is -2.24. The number of hydrogen-bond donors (Lipinski definition) is 3. The predicted octanol–water partition coefficient (Wildman–Crippen LogP) is 1.08. The molecule has 1 aromatic carbocycles. The van der Waals surface area contributed by atoms with E-state index in [-0.39, 0.29) is 30.6 Å². The molecule has 0 bridgehead atoms. The second-order valence-electron chi connectivity index (χ2n) is 5.35. The standard InChI is InChI=1S/C15H19N3O6/c1-3-15(2,14(21)22)17-12(19)8-9-16-13(20)10-4-6-11(7-5-10)18(23)24/h4-7H,3,8-9H2,1-2H3,(H,16,20)(H,17,19)(H,21,22). The third-order valence-electron chi connectivity index (χ3n) is 3.57. The van der Waals surface area contributed by atoms with Gasteiger partial charge in [0.15, 0.2) is 0 Å². The van der Waals surface area contributed by atoms with Crippen LogP contribution in [0.1, 0.15) is 37.0 Å². The van der Waals surface area contributed by atoms with Crippen LogP contribution in [0.4, 0.5) is 5.69 Å². The van der Waals surface area contributed by atoms with E-state index in [0.29, 0.717) is 0 Å². The Morgan fingerprint density at radius 3 is 2.29 bits per heavy atom. The molecule has 0 aliphatic carbocycles. The van der Waals surface area contributed by atoms with Crippen molar-refractivity contribution >= 4 is 23.5 Å². The normalized spacial score (nSPS) is 12.8. The van der Waals surface area contributed by atoms with Crippen LogP contribution in [-0.4, -0.2) is 39.9 Å². The van der Waals surface area contributed by atoms with E-state index in [1.165, 1.54) is 31.2 Å². The summed E-state index contributed by atoms with van der Waals surface area (Å²) in [6.45, 7) is 3.06. The van der Waals surface area contributed by atoms with E-state index in [4.69, 9.17) is 5.11 Å². The Balaban J connectivity index is 2.49. The molecule has 1 atom stereocenters. The second-order valence-corrected chi connectivity index (χ2v) is 5.35. The molecule has 0 aromatic heterocycles. The number of carbonyl (C=O) groups excluding carboxylic acids is 2. The number of nitro benzene ring substituents is 1. The third kappa shape index (κ3) is 5.04. The molecule has 24 heavy (non-hydrogen) atoms. The fraction of sp³-hybridized carbons (Fsp3) is 0.400. The minimum absolute atomic E-state index is 0.0149. The number of benzene rings is 1. The van der Waals surface area contributed by atoms with Crippen LogP contribution in [0.15, 0.2) is 24.3 Å². The number of carboxylic acids is 1. The number of aliphatic carboxylic acids is 1. The molecule has 1 aromatic rings. The summed E-state index contributed by atoms with van der Waals surface area (Å²) in [4.78, 5) is 44.7. The molecule has 3 N–H and O–H groups in total. The molecule has 2 amide bonds. The summed E-state index contributed by atoms with van der Waals surface area (Å²) in [6.07, 6.45) is 0.144. The van der Waals surface area contributed by atoms with E-state index in [1.54, 1.807) is 6.92 Å². The summed E-state index contributed by atoms with van der Waals surface area (Å²) >= 11 is 0. The molecule has 0 aliphatic rings. The van der Waals surface area contributed by atoms with Crippen molar-refractivity contribution in [3.63, 3.8) is 0 Å².